The first-order valence-corrected chi connectivity index (χ1v) is 19.4. The van der Waals surface area contributed by atoms with Crippen LogP contribution in [0.3, 0.4) is 0 Å². The van der Waals surface area contributed by atoms with Crippen molar-refractivity contribution in [3.05, 3.63) is 120 Å². The Morgan fingerprint density at radius 3 is 1.32 bits per heavy atom. The number of benzene rings is 4. The molecule has 0 saturated heterocycles. The van der Waals surface area contributed by atoms with E-state index in [0.717, 1.165) is 47.4 Å². The molecule has 250 valence electrons. The van der Waals surface area contributed by atoms with Crippen molar-refractivity contribution in [2.75, 3.05) is 0 Å². The molecule has 0 aliphatic heterocycles. The van der Waals surface area contributed by atoms with E-state index in [-0.39, 0.29) is 0 Å². The van der Waals surface area contributed by atoms with E-state index in [2.05, 4.69) is 106 Å². The number of imidazole rings is 2. The average molecular weight is 655 g/mol. The maximum absolute atomic E-state index is 5.26. The highest BCUT2D eigenvalue weighted by Gasteiger charge is 2.19. The van der Waals surface area contributed by atoms with E-state index in [0.29, 0.717) is 0 Å². The summed E-state index contributed by atoms with van der Waals surface area (Å²) in [5.41, 5.74) is 9.79. The number of aryl methyl sites for hydroxylation is 2. The number of fused-ring (bicyclic) bond motifs is 12. The molecule has 4 aromatic heterocycles. The standard InChI is InChI=1S/C46H46N4/c1-3-11-31(12-4-1)25-33-19-23-43-41(27-33)37-15-7-9-17-39(37)45-47-35(29-49(43)45)21-22-36-30-50-44-24-20-34(26-32-13-5-2-6-14-32)28-42(44)38-16-8-10-18-40(38)46(50)48-36/h7-10,15-20,23-24,27-32H,1-6,11-14,21-22,25-26H2. The molecular weight excluding hydrogens is 609 g/mol. The fraction of sp³-hybridized carbons (Fsp3) is 0.348. The third-order valence-corrected chi connectivity index (χ3v) is 12.2. The van der Waals surface area contributed by atoms with Gasteiger partial charge in [-0.3, -0.25) is 8.80 Å². The summed E-state index contributed by atoms with van der Waals surface area (Å²) in [7, 11) is 0. The molecule has 4 aromatic carbocycles. The number of pyridine rings is 2. The van der Waals surface area contributed by atoms with Gasteiger partial charge in [-0.2, -0.15) is 0 Å². The van der Waals surface area contributed by atoms with Gasteiger partial charge in [-0.25, -0.2) is 9.97 Å². The molecule has 0 spiro atoms. The third-order valence-electron chi connectivity index (χ3n) is 12.2. The summed E-state index contributed by atoms with van der Waals surface area (Å²) in [6, 6.07) is 32.1. The zero-order chi connectivity index (χ0) is 33.0. The topological polar surface area (TPSA) is 34.6 Å². The number of aromatic nitrogens is 4. The van der Waals surface area contributed by atoms with Gasteiger partial charge in [0.1, 0.15) is 11.3 Å². The summed E-state index contributed by atoms with van der Waals surface area (Å²) in [5, 5.41) is 7.75. The van der Waals surface area contributed by atoms with Gasteiger partial charge in [0.05, 0.1) is 22.4 Å². The normalized spacial score (nSPS) is 16.6. The van der Waals surface area contributed by atoms with Crippen LogP contribution >= 0.6 is 0 Å². The van der Waals surface area contributed by atoms with Gasteiger partial charge in [-0.1, -0.05) is 125 Å². The van der Waals surface area contributed by atoms with Gasteiger partial charge in [0.25, 0.3) is 0 Å². The summed E-state index contributed by atoms with van der Waals surface area (Å²) in [4.78, 5) is 10.5. The maximum Gasteiger partial charge on any atom is 0.145 e. The molecule has 2 aliphatic rings. The van der Waals surface area contributed by atoms with Crippen LogP contribution in [0.1, 0.15) is 86.7 Å². The van der Waals surface area contributed by atoms with E-state index in [1.54, 1.807) is 0 Å². The van der Waals surface area contributed by atoms with Crippen molar-refractivity contribution >= 4 is 54.6 Å². The van der Waals surface area contributed by atoms with Crippen molar-refractivity contribution in [3.8, 4) is 0 Å². The Morgan fingerprint density at radius 2 is 0.880 bits per heavy atom. The Kier molecular flexibility index (Phi) is 7.58. The van der Waals surface area contributed by atoms with E-state index in [1.807, 2.05) is 0 Å². The van der Waals surface area contributed by atoms with Gasteiger partial charge in [0, 0.05) is 33.9 Å². The van der Waals surface area contributed by atoms with Gasteiger partial charge in [0.2, 0.25) is 0 Å². The first-order valence-electron chi connectivity index (χ1n) is 19.4. The van der Waals surface area contributed by atoms with E-state index >= 15 is 0 Å². The van der Waals surface area contributed by atoms with Gasteiger partial charge < -0.3 is 0 Å². The minimum absolute atomic E-state index is 0.829. The van der Waals surface area contributed by atoms with Crippen LogP contribution in [0, 0.1) is 11.8 Å². The molecule has 0 bridgehead atoms. The minimum Gasteiger partial charge on any atom is -0.299 e. The molecule has 4 heteroatoms. The van der Waals surface area contributed by atoms with Crippen molar-refractivity contribution in [2.24, 2.45) is 11.8 Å². The van der Waals surface area contributed by atoms with Gasteiger partial charge in [-0.05, 0) is 83.7 Å². The van der Waals surface area contributed by atoms with Gasteiger partial charge in [-0.15, -0.1) is 0 Å². The molecule has 0 atom stereocenters. The lowest BCUT2D eigenvalue weighted by molar-refractivity contribution is 0.357. The maximum atomic E-state index is 5.26. The van der Waals surface area contributed by atoms with E-state index in [4.69, 9.17) is 9.97 Å². The number of nitrogens with zero attached hydrogens (tertiary/aromatic N) is 4. The number of hydrogen-bond acceptors (Lipinski definition) is 2. The monoisotopic (exact) mass is 654 g/mol. The third kappa shape index (κ3) is 5.35. The van der Waals surface area contributed by atoms with Crippen molar-refractivity contribution in [1.29, 1.82) is 0 Å². The molecule has 50 heavy (non-hydrogen) atoms. The second-order valence-corrected chi connectivity index (χ2v) is 15.6. The van der Waals surface area contributed by atoms with Crippen LogP contribution in [-0.2, 0) is 25.7 Å². The quantitative estimate of drug-likeness (QED) is 0.160. The molecule has 2 fully saturated rings. The van der Waals surface area contributed by atoms with Crippen molar-refractivity contribution < 1.29 is 0 Å². The largest absolute Gasteiger partial charge is 0.299 e. The number of rotatable bonds is 7. The van der Waals surface area contributed by atoms with Crippen LogP contribution < -0.4 is 0 Å². The lowest BCUT2D eigenvalue weighted by Crippen LogP contribution is -2.09. The fourth-order valence-corrected chi connectivity index (χ4v) is 9.65. The highest BCUT2D eigenvalue weighted by molar-refractivity contribution is 6.12. The second kappa shape index (κ2) is 12.6. The predicted molar refractivity (Wildman–Crippen MR) is 208 cm³/mol. The van der Waals surface area contributed by atoms with E-state index < -0.39 is 0 Å². The summed E-state index contributed by atoms with van der Waals surface area (Å²) >= 11 is 0. The Morgan fingerprint density at radius 1 is 0.460 bits per heavy atom. The highest BCUT2D eigenvalue weighted by atomic mass is 15.0. The van der Waals surface area contributed by atoms with Crippen LogP contribution in [0.5, 0.6) is 0 Å². The van der Waals surface area contributed by atoms with Crippen LogP contribution in [0.25, 0.3) is 54.6 Å². The lowest BCUT2D eigenvalue weighted by atomic mass is 9.84. The van der Waals surface area contributed by atoms with Crippen molar-refractivity contribution in [1.82, 2.24) is 18.8 Å². The first-order chi connectivity index (χ1) is 24.7. The number of hydrogen-bond donors (Lipinski definition) is 0. The molecule has 8 aromatic rings. The fourth-order valence-electron chi connectivity index (χ4n) is 9.65. The summed E-state index contributed by atoms with van der Waals surface area (Å²) < 4.78 is 4.68. The van der Waals surface area contributed by atoms with Crippen LogP contribution in [0.2, 0.25) is 0 Å². The molecule has 0 radical (unpaired) electrons. The highest BCUT2D eigenvalue weighted by Crippen LogP contribution is 2.35. The summed E-state index contributed by atoms with van der Waals surface area (Å²) in [5.74, 6) is 1.66. The SMILES string of the molecule is c1ccc2c(c1)c1cc(CC3CCCCC3)ccc1n1cc(CCc3cn4c5ccc(CC6CCCCC6)cc5c5ccccc5c4n3)nc21. The predicted octanol–water partition coefficient (Wildman–Crippen LogP) is 11.6. The zero-order valence-electron chi connectivity index (χ0n) is 29.1. The molecule has 0 amide bonds. The summed E-state index contributed by atoms with van der Waals surface area (Å²) in [6.07, 6.45) is 22.5. The Labute approximate surface area is 294 Å². The average Bonchev–Trinajstić information content (AvgIpc) is 3.81. The van der Waals surface area contributed by atoms with Crippen LogP contribution in [0.4, 0.5) is 0 Å². The lowest BCUT2D eigenvalue weighted by Gasteiger charge is -2.21. The smallest absolute Gasteiger partial charge is 0.145 e. The molecule has 4 heterocycles. The van der Waals surface area contributed by atoms with E-state index in [9.17, 15) is 0 Å². The molecule has 2 saturated carbocycles. The molecule has 10 rings (SSSR count). The molecule has 0 unspecified atom stereocenters. The minimum atomic E-state index is 0.829. The molecular formula is C46H46N4. The van der Waals surface area contributed by atoms with Crippen molar-refractivity contribution in [3.63, 3.8) is 0 Å². The van der Waals surface area contributed by atoms with Crippen molar-refractivity contribution in [2.45, 2.75) is 89.9 Å². The second-order valence-electron chi connectivity index (χ2n) is 15.6. The van der Waals surface area contributed by atoms with Gasteiger partial charge >= 0.3 is 0 Å². The Hall–Kier alpha value is -4.70. The molecule has 2 aliphatic carbocycles. The molecule has 4 nitrogen and oxygen atoms in total. The zero-order valence-corrected chi connectivity index (χ0v) is 29.1. The van der Waals surface area contributed by atoms with E-state index in [1.165, 1.54) is 132 Å². The summed E-state index contributed by atoms with van der Waals surface area (Å²) in [6.45, 7) is 0. The van der Waals surface area contributed by atoms with Crippen LogP contribution in [0.15, 0.2) is 97.3 Å². The molecule has 0 N–H and O–H groups in total. The Bertz CT molecular complexity index is 2340. The first kappa shape index (κ1) is 30.2. The Balaban J connectivity index is 0.988. The van der Waals surface area contributed by atoms with Crippen LogP contribution in [-0.4, -0.2) is 18.8 Å². The van der Waals surface area contributed by atoms with Gasteiger partial charge in [0.15, 0.2) is 0 Å².